The molecule has 3 atom stereocenters. The smallest absolute Gasteiger partial charge is 0.0747 e. The molecule has 0 bridgehead atoms. The second kappa shape index (κ2) is 5.92. The normalized spacial score (nSPS) is 22.0. The van der Waals surface area contributed by atoms with Crippen LogP contribution in [0.2, 0.25) is 0 Å². The van der Waals surface area contributed by atoms with E-state index in [0.29, 0.717) is 0 Å². The quantitative estimate of drug-likeness (QED) is 0.655. The molecule has 130 valence electrons. The van der Waals surface area contributed by atoms with E-state index in [1.807, 2.05) is 13.1 Å². The zero-order chi connectivity index (χ0) is 17.7. The predicted molar refractivity (Wildman–Crippen MR) is 106 cm³/mol. The van der Waals surface area contributed by atoms with E-state index in [4.69, 9.17) is 0 Å². The first kappa shape index (κ1) is 15.5. The molecule has 0 amide bonds. The van der Waals surface area contributed by atoms with Crippen LogP contribution in [0.15, 0.2) is 48.7 Å². The van der Waals surface area contributed by atoms with E-state index >= 15 is 0 Å². The zero-order valence-electron chi connectivity index (χ0n) is 15.3. The summed E-state index contributed by atoms with van der Waals surface area (Å²) in [7, 11) is 0. The second-order valence-corrected chi connectivity index (χ2v) is 7.63. The molecule has 1 saturated carbocycles. The number of anilines is 1. The molecule has 1 aliphatic carbocycles. The SMILES string of the molecule is CC#Cc1cccc2c1cnn2[C@@H](C)c1ccc(N2CC3CC3C2)cc1. The molecule has 3 aromatic rings. The molecule has 2 fully saturated rings. The van der Waals surface area contributed by atoms with Crippen LogP contribution in [0.4, 0.5) is 5.69 Å². The van der Waals surface area contributed by atoms with E-state index in [-0.39, 0.29) is 6.04 Å². The Morgan fingerprint density at radius 1 is 1.08 bits per heavy atom. The first-order valence-corrected chi connectivity index (χ1v) is 9.48. The molecule has 1 aromatic heterocycles. The number of nitrogens with zero attached hydrogens (tertiary/aromatic N) is 3. The van der Waals surface area contributed by atoms with E-state index in [0.717, 1.165) is 28.3 Å². The molecule has 26 heavy (non-hydrogen) atoms. The average molecular weight is 341 g/mol. The van der Waals surface area contributed by atoms with Gasteiger partial charge in [-0.2, -0.15) is 5.10 Å². The van der Waals surface area contributed by atoms with Crippen molar-refractivity contribution in [2.75, 3.05) is 18.0 Å². The molecule has 1 aliphatic heterocycles. The maximum absolute atomic E-state index is 4.67. The Morgan fingerprint density at radius 2 is 1.85 bits per heavy atom. The van der Waals surface area contributed by atoms with Crippen LogP contribution in [0, 0.1) is 23.7 Å². The maximum atomic E-state index is 4.67. The Bertz CT molecular complexity index is 1010. The van der Waals surface area contributed by atoms with E-state index in [9.17, 15) is 0 Å². The highest BCUT2D eigenvalue weighted by molar-refractivity contribution is 5.85. The number of piperidine rings is 1. The highest BCUT2D eigenvalue weighted by Crippen LogP contribution is 2.46. The first-order valence-electron chi connectivity index (χ1n) is 9.48. The van der Waals surface area contributed by atoms with Crippen LogP contribution in [-0.4, -0.2) is 22.9 Å². The number of benzene rings is 2. The Kier molecular flexibility index (Phi) is 3.53. The molecule has 5 rings (SSSR count). The zero-order valence-corrected chi connectivity index (χ0v) is 15.3. The molecular formula is C23H23N3. The summed E-state index contributed by atoms with van der Waals surface area (Å²) in [6, 6.07) is 15.5. The highest BCUT2D eigenvalue weighted by Gasteiger charge is 2.45. The van der Waals surface area contributed by atoms with Crippen LogP contribution in [0.3, 0.4) is 0 Å². The van der Waals surface area contributed by atoms with Gasteiger partial charge in [-0.1, -0.05) is 24.1 Å². The lowest BCUT2D eigenvalue weighted by Crippen LogP contribution is -2.21. The summed E-state index contributed by atoms with van der Waals surface area (Å²) in [6.07, 6.45) is 3.39. The van der Waals surface area contributed by atoms with Gasteiger partial charge in [-0.15, -0.1) is 5.92 Å². The van der Waals surface area contributed by atoms with Gasteiger partial charge in [0.25, 0.3) is 0 Å². The van der Waals surface area contributed by atoms with Gasteiger partial charge in [-0.25, -0.2) is 0 Å². The minimum Gasteiger partial charge on any atom is -0.371 e. The van der Waals surface area contributed by atoms with Gasteiger partial charge in [0.15, 0.2) is 0 Å². The topological polar surface area (TPSA) is 21.1 Å². The van der Waals surface area contributed by atoms with Crippen LogP contribution in [0.25, 0.3) is 10.9 Å². The Hall–Kier alpha value is -2.73. The molecule has 0 radical (unpaired) electrons. The third-order valence-corrected chi connectivity index (χ3v) is 5.99. The van der Waals surface area contributed by atoms with Crippen LogP contribution in [-0.2, 0) is 0 Å². The lowest BCUT2D eigenvalue weighted by atomic mass is 10.1. The average Bonchev–Trinajstić information content (AvgIpc) is 3.07. The van der Waals surface area contributed by atoms with Gasteiger partial charge in [-0.05, 0) is 61.9 Å². The van der Waals surface area contributed by atoms with E-state index in [2.05, 4.69) is 75.9 Å². The summed E-state index contributed by atoms with van der Waals surface area (Å²) in [5.74, 6) is 8.10. The van der Waals surface area contributed by atoms with Crippen molar-refractivity contribution in [2.24, 2.45) is 11.8 Å². The molecule has 0 N–H and O–H groups in total. The lowest BCUT2D eigenvalue weighted by Gasteiger charge is -2.21. The monoisotopic (exact) mass is 341 g/mol. The van der Waals surface area contributed by atoms with E-state index in [1.54, 1.807) is 0 Å². The van der Waals surface area contributed by atoms with Crippen molar-refractivity contribution in [3.8, 4) is 11.8 Å². The molecule has 2 unspecified atom stereocenters. The molecule has 0 spiro atoms. The second-order valence-electron chi connectivity index (χ2n) is 7.63. The summed E-state index contributed by atoms with van der Waals surface area (Å²) in [6.45, 7) is 6.57. The standard InChI is InChI=1S/C23H23N3/c1-3-5-18-6-4-7-23-22(18)13-24-26(23)16(2)17-8-10-21(11-9-17)25-14-19-12-20(19)15-25/h4,6-11,13,16,19-20H,12,14-15H2,1-2H3/t16-,19?,20?/m0/s1. The van der Waals surface area contributed by atoms with Crippen molar-refractivity contribution in [2.45, 2.75) is 26.3 Å². The van der Waals surface area contributed by atoms with Gasteiger partial charge in [-0.3, -0.25) is 4.68 Å². The van der Waals surface area contributed by atoms with Gasteiger partial charge in [0, 0.05) is 29.7 Å². The van der Waals surface area contributed by atoms with E-state index in [1.165, 1.54) is 30.8 Å². The van der Waals surface area contributed by atoms with Gasteiger partial charge in [0.05, 0.1) is 17.8 Å². The van der Waals surface area contributed by atoms with Crippen molar-refractivity contribution in [3.05, 3.63) is 59.8 Å². The fourth-order valence-corrected chi connectivity index (χ4v) is 4.34. The minimum atomic E-state index is 0.193. The van der Waals surface area contributed by atoms with Gasteiger partial charge in [0.2, 0.25) is 0 Å². The fraction of sp³-hybridized carbons (Fsp3) is 0.348. The number of hydrogen-bond donors (Lipinski definition) is 0. The molecule has 2 heterocycles. The lowest BCUT2D eigenvalue weighted by molar-refractivity contribution is 0.584. The summed E-state index contributed by atoms with van der Waals surface area (Å²) < 4.78 is 2.11. The molecular weight excluding hydrogens is 318 g/mol. The van der Waals surface area contributed by atoms with Crippen LogP contribution < -0.4 is 4.90 Å². The molecule has 3 nitrogen and oxygen atoms in total. The Balaban J connectivity index is 1.44. The Morgan fingerprint density at radius 3 is 2.58 bits per heavy atom. The van der Waals surface area contributed by atoms with Crippen LogP contribution in [0.5, 0.6) is 0 Å². The van der Waals surface area contributed by atoms with Crippen molar-refractivity contribution < 1.29 is 0 Å². The van der Waals surface area contributed by atoms with Gasteiger partial charge < -0.3 is 4.90 Å². The summed E-state index contributed by atoms with van der Waals surface area (Å²) >= 11 is 0. The summed E-state index contributed by atoms with van der Waals surface area (Å²) in [4.78, 5) is 2.53. The van der Waals surface area contributed by atoms with Crippen molar-refractivity contribution >= 4 is 16.6 Å². The summed E-state index contributed by atoms with van der Waals surface area (Å²) in [5, 5.41) is 5.80. The Labute approximate surface area is 154 Å². The van der Waals surface area contributed by atoms with Crippen molar-refractivity contribution in [1.29, 1.82) is 0 Å². The third kappa shape index (κ3) is 2.49. The molecule has 3 heteroatoms. The molecule has 2 aliphatic rings. The van der Waals surface area contributed by atoms with E-state index < -0.39 is 0 Å². The van der Waals surface area contributed by atoms with Crippen molar-refractivity contribution in [1.82, 2.24) is 9.78 Å². The number of aromatic nitrogens is 2. The predicted octanol–water partition coefficient (Wildman–Crippen LogP) is 4.47. The van der Waals surface area contributed by atoms with Crippen LogP contribution >= 0.6 is 0 Å². The first-order chi connectivity index (χ1) is 12.7. The minimum absolute atomic E-state index is 0.193. The fourth-order valence-electron chi connectivity index (χ4n) is 4.34. The maximum Gasteiger partial charge on any atom is 0.0747 e. The molecule has 1 saturated heterocycles. The highest BCUT2D eigenvalue weighted by atomic mass is 15.3. The number of hydrogen-bond acceptors (Lipinski definition) is 2. The van der Waals surface area contributed by atoms with Crippen LogP contribution in [0.1, 0.15) is 37.4 Å². The number of rotatable bonds is 3. The number of fused-ring (bicyclic) bond motifs is 2. The van der Waals surface area contributed by atoms with Crippen molar-refractivity contribution in [3.63, 3.8) is 0 Å². The molecule has 2 aromatic carbocycles. The van der Waals surface area contributed by atoms with Gasteiger partial charge in [0.1, 0.15) is 0 Å². The third-order valence-electron chi connectivity index (χ3n) is 5.99. The summed E-state index contributed by atoms with van der Waals surface area (Å²) in [5.41, 5.74) is 4.84. The van der Waals surface area contributed by atoms with Gasteiger partial charge >= 0.3 is 0 Å². The largest absolute Gasteiger partial charge is 0.371 e.